The summed E-state index contributed by atoms with van der Waals surface area (Å²) in [5.41, 5.74) is 0.472. The van der Waals surface area contributed by atoms with E-state index >= 15 is 0 Å². The minimum absolute atomic E-state index is 0.0341. The normalized spacial score (nSPS) is 17.8. The van der Waals surface area contributed by atoms with E-state index < -0.39 is 10.0 Å². The third kappa shape index (κ3) is 4.42. The molecule has 0 N–H and O–H groups in total. The molecule has 4 rings (SSSR count). The first-order valence-corrected chi connectivity index (χ1v) is 12.2. The first kappa shape index (κ1) is 21.0. The first-order valence-electron chi connectivity index (χ1n) is 9.77. The van der Waals surface area contributed by atoms with Crippen molar-refractivity contribution in [1.29, 1.82) is 0 Å². The standard InChI is InChI=1S/C19H23N5O4S2/c1-14(25)15-2-6-17(7-3-15)30(27,28)23-10-8-22(9-11-23)18(26)12-29-19-21-20-13-24(19)16-4-5-16/h2-3,6-7,13,16H,4-5,8-12H2,1H3. The van der Waals surface area contributed by atoms with Gasteiger partial charge in [0.05, 0.1) is 10.6 Å². The molecule has 1 amide bonds. The molecular weight excluding hydrogens is 426 g/mol. The Hall–Kier alpha value is -2.24. The molecule has 160 valence electrons. The fraction of sp³-hybridized carbons (Fsp3) is 0.474. The van der Waals surface area contributed by atoms with Crippen molar-refractivity contribution in [2.24, 2.45) is 0 Å². The molecule has 1 aliphatic carbocycles. The Kier molecular flexibility index (Phi) is 5.94. The second-order valence-electron chi connectivity index (χ2n) is 7.41. The summed E-state index contributed by atoms with van der Waals surface area (Å²) in [7, 11) is -3.65. The maximum Gasteiger partial charge on any atom is 0.243 e. The van der Waals surface area contributed by atoms with E-state index in [0.29, 0.717) is 24.7 Å². The van der Waals surface area contributed by atoms with Crippen LogP contribution >= 0.6 is 11.8 Å². The van der Waals surface area contributed by atoms with Gasteiger partial charge in [0.2, 0.25) is 15.9 Å². The van der Waals surface area contributed by atoms with Crippen LogP contribution < -0.4 is 0 Å². The van der Waals surface area contributed by atoms with Crippen LogP contribution in [0, 0.1) is 0 Å². The zero-order chi connectivity index (χ0) is 21.3. The summed E-state index contributed by atoms with van der Waals surface area (Å²) in [4.78, 5) is 25.8. The molecule has 1 aromatic heterocycles. The van der Waals surface area contributed by atoms with Crippen LogP contribution in [0.4, 0.5) is 0 Å². The Balaban J connectivity index is 1.31. The minimum Gasteiger partial charge on any atom is -0.339 e. The number of benzene rings is 1. The van der Waals surface area contributed by atoms with E-state index in [4.69, 9.17) is 0 Å². The van der Waals surface area contributed by atoms with Gasteiger partial charge in [-0.1, -0.05) is 23.9 Å². The van der Waals surface area contributed by atoms with Crippen molar-refractivity contribution >= 4 is 33.5 Å². The summed E-state index contributed by atoms with van der Waals surface area (Å²) >= 11 is 1.37. The largest absolute Gasteiger partial charge is 0.339 e. The number of nitrogens with zero attached hydrogens (tertiary/aromatic N) is 5. The van der Waals surface area contributed by atoms with Gasteiger partial charge < -0.3 is 9.47 Å². The SMILES string of the molecule is CC(=O)c1ccc(S(=O)(=O)N2CCN(C(=O)CSc3nncn3C3CC3)CC2)cc1. The van der Waals surface area contributed by atoms with Crippen molar-refractivity contribution < 1.29 is 18.0 Å². The monoisotopic (exact) mass is 449 g/mol. The average Bonchev–Trinajstić information content (AvgIpc) is 3.49. The van der Waals surface area contributed by atoms with E-state index in [2.05, 4.69) is 10.2 Å². The highest BCUT2D eigenvalue weighted by atomic mass is 32.2. The smallest absolute Gasteiger partial charge is 0.243 e. The molecule has 2 aromatic rings. The summed E-state index contributed by atoms with van der Waals surface area (Å²) in [6.45, 7) is 2.61. The molecular formula is C19H23N5O4S2. The van der Waals surface area contributed by atoms with Crippen molar-refractivity contribution in [2.75, 3.05) is 31.9 Å². The van der Waals surface area contributed by atoms with Gasteiger partial charge >= 0.3 is 0 Å². The predicted octanol–water partition coefficient (Wildman–Crippen LogP) is 1.44. The highest BCUT2D eigenvalue weighted by molar-refractivity contribution is 7.99. The number of ketones is 1. The number of piperazine rings is 1. The van der Waals surface area contributed by atoms with Gasteiger partial charge in [0.15, 0.2) is 10.9 Å². The lowest BCUT2D eigenvalue weighted by molar-refractivity contribution is -0.129. The minimum atomic E-state index is -3.65. The quantitative estimate of drug-likeness (QED) is 0.465. The number of aromatic nitrogens is 3. The van der Waals surface area contributed by atoms with Crippen LogP contribution in [0.2, 0.25) is 0 Å². The molecule has 9 nitrogen and oxygen atoms in total. The van der Waals surface area contributed by atoms with E-state index in [0.717, 1.165) is 18.0 Å². The molecule has 0 atom stereocenters. The number of carbonyl (C=O) groups excluding carboxylic acids is 2. The lowest BCUT2D eigenvalue weighted by Crippen LogP contribution is -2.51. The van der Waals surface area contributed by atoms with Gasteiger partial charge in [0.25, 0.3) is 0 Å². The molecule has 0 bridgehead atoms. The van der Waals surface area contributed by atoms with Crippen LogP contribution in [0.25, 0.3) is 0 Å². The Bertz CT molecular complexity index is 1040. The molecule has 1 saturated carbocycles. The molecule has 0 spiro atoms. The van der Waals surface area contributed by atoms with Crippen molar-refractivity contribution in [1.82, 2.24) is 24.0 Å². The van der Waals surface area contributed by atoms with Gasteiger partial charge in [-0.2, -0.15) is 4.31 Å². The van der Waals surface area contributed by atoms with E-state index in [1.54, 1.807) is 11.2 Å². The maximum atomic E-state index is 12.8. The molecule has 0 radical (unpaired) electrons. The second-order valence-corrected chi connectivity index (χ2v) is 10.3. The number of carbonyl (C=O) groups is 2. The van der Waals surface area contributed by atoms with Crippen LogP contribution in [0.1, 0.15) is 36.2 Å². The Labute approximate surface area is 179 Å². The van der Waals surface area contributed by atoms with Gasteiger partial charge in [0.1, 0.15) is 6.33 Å². The predicted molar refractivity (Wildman–Crippen MR) is 111 cm³/mol. The molecule has 30 heavy (non-hydrogen) atoms. The first-order chi connectivity index (χ1) is 14.4. The molecule has 2 heterocycles. The summed E-state index contributed by atoms with van der Waals surface area (Å²) < 4.78 is 29.1. The van der Waals surface area contributed by atoms with E-state index in [1.165, 1.54) is 47.3 Å². The number of thioether (sulfide) groups is 1. The van der Waals surface area contributed by atoms with Crippen LogP contribution in [0.5, 0.6) is 0 Å². The summed E-state index contributed by atoms with van der Waals surface area (Å²) in [6.07, 6.45) is 3.94. The van der Waals surface area contributed by atoms with Crippen LogP contribution in [-0.2, 0) is 14.8 Å². The Morgan fingerprint density at radius 2 is 1.77 bits per heavy atom. The third-order valence-electron chi connectivity index (χ3n) is 5.30. The Morgan fingerprint density at radius 1 is 1.10 bits per heavy atom. The van der Waals surface area contributed by atoms with E-state index in [-0.39, 0.29) is 35.4 Å². The number of amides is 1. The zero-order valence-electron chi connectivity index (χ0n) is 16.6. The topological polar surface area (TPSA) is 105 Å². The molecule has 11 heteroatoms. The van der Waals surface area contributed by atoms with Gasteiger partial charge in [-0.05, 0) is 31.9 Å². The number of sulfonamides is 1. The van der Waals surface area contributed by atoms with Gasteiger partial charge in [-0.25, -0.2) is 8.42 Å². The summed E-state index contributed by atoms with van der Waals surface area (Å²) in [6, 6.07) is 6.40. The van der Waals surface area contributed by atoms with E-state index in [9.17, 15) is 18.0 Å². The molecule has 2 aliphatic rings. The molecule has 2 fully saturated rings. The zero-order valence-corrected chi connectivity index (χ0v) is 18.2. The maximum absolute atomic E-state index is 12.8. The number of hydrogen-bond donors (Lipinski definition) is 0. The van der Waals surface area contributed by atoms with Crippen molar-refractivity contribution in [3.05, 3.63) is 36.2 Å². The van der Waals surface area contributed by atoms with Crippen molar-refractivity contribution in [3.8, 4) is 0 Å². The van der Waals surface area contributed by atoms with Gasteiger partial charge in [-0.3, -0.25) is 9.59 Å². The van der Waals surface area contributed by atoms with Crippen LogP contribution in [0.3, 0.4) is 0 Å². The number of hydrogen-bond acceptors (Lipinski definition) is 7. The van der Waals surface area contributed by atoms with E-state index in [1.807, 2.05) is 4.57 Å². The lowest BCUT2D eigenvalue weighted by Gasteiger charge is -2.34. The molecule has 1 saturated heterocycles. The number of Topliss-reactive ketones (excluding diaryl/α,β-unsaturated/α-hetero) is 1. The van der Waals surface area contributed by atoms with Crippen molar-refractivity contribution in [3.63, 3.8) is 0 Å². The number of rotatable bonds is 7. The van der Waals surface area contributed by atoms with Crippen LogP contribution in [-0.4, -0.2) is 76.0 Å². The highest BCUT2D eigenvalue weighted by Crippen LogP contribution is 2.37. The fourth-order valence-electron chi connectivity index (χ4n) is 3.34. The lowest BCUT2D eigenvalue weighted by atomic mass is 10.2. The third-order valence-corrected chi connectivity index (χ3v) is 8.15. The fourth-order valence-corrected chi connectivity index (χ4v) is 5.65. The molecule has 1 aliphatic heterocycles. The average molecular weight is 450 g/mol. The highest BCUT2D eigenvalue weighted by Gasteiger charge is 2.31. The summed E-state index contributed by atoms with van der Waals surface area (Å²) in [5, 5.41) is 8.77. The molecule has 0 unspecified atom stereocenters. The Morgan fingerprint density at radius 3 is 2.37 bits per heavy atom. The second kappa shape index (κ2) is 8.48. The van der Waals surface area contributed by atoms with Gasteiger partial charge in [0, 0.05) is 37.8 Å². The van der Waals surface area contributed by atoms with Gasteiger partial charge in [-0.15, -0.1) is 10.2 Å². The van der Waals surface area contributed by atoms with Crippen LogP contribution in [0.15, 0.2) is 40.6 Å². The van der Waals surface area contributed by atoms with Crippen molar-refractivity contribution in [2.45, 2.75) is 35.9 Å². The summed E-state index contributed by atoms with van der Waals surface area (Å²) in [5.74, 6) is 0.109. The molecule has 1 aromatic carbocycles.